The molecule has 1 aromatic heterocycles. The molecule has 1 nitrogen and oxygen atoms in total. The van der Waals surface area contributed by atoms with Crippen LogP contribution in [0.15, 0.2) is 42.0 Å². The van der Waals surface area contributed by atoms with E-state index in [9.17, 15) is 0 Å². The van der Waals surface area contributed by atoms with Gasteiger partial charge in [-0.05, 0) is 31.1 Å². The molecule has 1 aliphatic rings. The summed E-state index contributed by atoms with van der Waals surface area (Å²) in [6.07, 6.45) is 5.42. The van der Waals surface area contributed by atoms with Crippen molar-refractivity contribution in [2.75, 3.05) is 0 Å². The van der Waals surface area contributed by atoms with Crippen molar-refractivity contribution >= 4 is 27.1 Å². The van der Waals surface area contributed by atoms with E-state index in [1.807, 2.05) is 6.07 Å². The minimum atomic E-state index is 1.06. The molecular weight excluding hydrogens is 202 g/mol. The second-order valence-electron chi connectivity index (χ2n) is 3.87. The summed E-state index contributed by atoms with van der Waals surface area (Å²) in [6, 6.07) is 8.31. The number of fused-ring (bicyclic) bond motifs is 1. The molecule has 0 spiro atoms. The zero-order valence-electron chi connectivity index (χ0n) is 8.53. The first kappa shape index (κ1) is 8.86. The highest BCUT2D eigenvalue weighted by molar-refractivity contribution is 7.19. The van der Waals surface area contributed by atoms with Gasteiger partial charge in [0.1, 0.15) is 5.01 Å². The maximum absolute atomic E-state index is 4.65. The van der Waals surface area contributed by atoms with Gasteiger partial charge in [0.25, 0.3) is 0 Å². The molecule has 0 bridgehead atoms. The second kappa shape index (κ2) is 3.31. The van der Waals surface area contributed by atoms with Gasteiger partial charge in [-0.2, -0.15) is 0 Å². The molecule has 0 saturated heterocycles. The van der Waals surface area contributed by atoms with Gasteiger partial charge in [0.05, 0.1) is 10.2 Å². The molecule has 2 heteroatoms. The normalized spacial score (nSPS) is 15.5. The summed E-state index contributed by atoms with van der Waals surface area (Å²) >= 11 is 1.78. The van der Waals surface area contributed by atoms with E-state index in [0.29, 0.717) is 0 Å². The lowest BCUT2D eigenvalue weighted by Crippen LogP contribution is -1.79. The molecule has 1 aromatic carbocycles. The molecule has 0 fully saturated rings. The number of benzene rings is 1. The Balaban J connectivity index is 2.06. The molecule has 2 aromatic rings. The van der Waals surface area contributed by atoms with Crippen LogP contribution in [0.25, 0.3) is 15.8 Å². The van der Waals surface area contributed by atoms with Crippen molar-refractivity contribution in [1.82, 2.24) is 4.98 Å². The lowest BCUT2D eigenvalue weighted by atomic mass is 10.2. The molecule has 0 unspecified atom stereocenters. The van der Waals surface area contributed by atoms with Crippen LogP contribution in [0.3, 0.4) is 0 Å². The topological polar surface area (TPSA) is 12.9 Å². The lowest BCUT2D eigenvalue weighted by Gasteiger charge is -1.95. The Kier molecular flexibility index (Phi) is 1.96. The predicted molar refractivity (Wildman–Crippen MR) is 66.0 cm³/mol. The third kappa shape index (κ3) is 1.51. The van der Waals surface area contributed by atoms with Gasteiger partial charge >= 0.3 is 0 Å². The van der Waals surface area contributed by atoms with Gasteiger partial charge in [-0.25, -0.2) is 4.98 Å². The van der Waals surface area contributed by atoms with Gasteiger partial charge in [0.2, 0.25) is 0 Å². The monoisotopic (exact) mass is 213 g/mol. The first-order chi connectivity index (χ1) is 7.33. The molecule has 15 heavy (non-hydrogen) atoms. The number of aromatic nitrogens is 1. The maximum atomic E-state index is 4.65. The molecule has 0 amide bonds. The van der Waals surface area contributed by atoms with Crippen LogP contribution in [0.2, 0.25) is 0 Å². The number of rotatable bonds is 1. The number of allylic oxidation sites excluding steroid dienone is 4. The van der Waals surface area contributed by atoms with E-state index in [-0.39, 0.29) is 0 Å². The van der Waals surface area contributed by atoms with Gasteiger partial charge in [0.15, 0.2) is 0 Å². The number of hydrogen-bond donors (Lipinski definition) is 0. The van der Waals surface area contributed by atoms with Gasteiger partial charge in [-0.3, -0.25) is 0 Å². The van der Waals surface area contributed by atoms with Crippen molar-refractivity contribution in [1.29, 1.82) is 0 Å². The Morgan fingerprint density at radius 1 is 1.20 bits per heavy atom. The highest BCUT2D eigenvalue weighted by Crippen LogP contribution is 2.33. The summed E-state index contributed by atoms with van der Waals surface area (Å²) in [6.45, 7) is 2.16. The Bertz CT molecular complexity index is 542. The minimum Gasteiger partial charge on any atom is -0.236 e. The summed E-state index contributed by atoms with van der Waals surface area (Å²) in [7, 11) is 0. The van der Waals surface area contributed by atoms with Crippen LogP contribution in [-0.2, 0) is 0 Å². The van der Waals surface area contributed by atoms with E-state index in [4.69, 9.17) is 0 Å². The largest absolute Gasteiger partial charge is 0.236 e. The van der Waals surface area contributed by atoms with E-state index >= 15 is 0 Å². The van der Waals surface area contributed by atoms with Crippen LogP contribution in [0, 0.1) is 0 Å². The van der Waals surface area contributed by atoms with E-state index in [1.165, 1.54) is 20.9 Å². The SMILES string of the molecule is CC1=CC=C(c2nc3ccccc3s2)C1. The number of thiazole rings is 1. The second-order valence-corrected chi connectivity index (χ2v) is 4.90. The summed E-state index contributed by atoms with van der Waals surface area (Å²) in [5.74, 6) is 0. The van der Waals surface area contributed by atoms with Crippen LogP contribution in [-0.4, -0.2) is 4.98 Å². The fraction of sp³-hybridized carbons (Fsp3) is 0.154. The number of para-hydroxylation sites is 1. The molecule has 0 atom stereocenters. The van der Waals surface area contributed by atoms with Crippen LogP contribution >= 0.6 is 11.3 Å². The van der Waals surface area contributed by atoms with Crippen molar-refractivity contribution in [2.45, 2.75) is 13.3 Å². The van der Waals surface area contributed by atoms with Gasteiger partial charge in [-0.15, -0.1) is 11.3 Å². The first-order valence-electron chi connectivity index (χ1n) is 5.05. The van der Waals surface area contributed by atoms with Crippen molar-refractivity contribution in [3.63, 3.8) is 0 Å². The molecule has 0 saturated carbocycles. The molecule has 0 aliphatic heterocycles. The third-order valence-corrected chi connectivity index (χ3v) is 3.72. The first-order valence-corrected chi connectivity index (χ1v) is 5.87. The molecule has 0 N–H and O–H groups in total. The van der Waals surface area contributed by atoms with E-state index < -0.39 is 0 Å². The standard InChI is InChI=1S/C13H11NS/c1-9-6-7-10(8-9)13-14-11-4-2-3-5-12(11)15-13/h2-7H,8H2,1H3. The molecular formula is C13H11NS. The lowest BCUT2D eigenvalue weighted by molar-refractivity contribution is 1.25. The third-order valence-electron chi connectivity index (χ3n) is 2.61. The molecule has 74 valence electrons. The van der Waals surface area contributed by atoms with E-state index in [2.05, 4.69) is 42.3 Å². The Morgan fingerprint density at radius 3 is 2.80 bits per heavy atom. The summed E-state index contributed by atoms with van der Waals surface area (Å²) < 4.78 is 1.28. The quantitative estimate of drug-likeness (QED) is 0.697. The summed E-state index contributed by atoms with van der Waals surface area (Å²) in [5, 5.41) is 1.17. The Labute approximate surface area is 92.8 Å². The smallest absolute Gasteiger partial charge is 0.120 e. The van der Waals surface area contributed by atoms with Crippen molar-refractivity contribution < 1.29 is 0 Å². The molecule has 1 heterocycles. The van der Waals surface area contributed by atoms with Gasteiger partial charge < -0.3 is 0 Å². The summed E-state index contributed by atoms with van der Waals surface area (Å²) in [5.41, 5.74) is 3.89. The van der Waals surface area contributed by atoms with Crippen molar-refractivity contribution in [3.8, 4) is 0 Å². The highest BCUT2D eigenvalue weighted by atomic mass is 32.1. The maximum Gasteiger partial charge on any atom is 0.120 e. The Morgan fingerprint density at radius 2 is 2.07 bits per heavy atom. The van der Waals surface area contributed by atoms with Crippen molar-refractivity contribution in [2.24, 2.45) is 0 Å². The zero-order chi connectivity index (χ0) is 10.3. The fourth-order valence-electron chi connectivity index (χ4n) is 1.82. The van der Waals surface area contributed by atoms with Crippen LogP contribution in [0.1, 0.15) is 18.4 Å². The minimum absolute atomic E-state index is 1.06. The number of hydrogen-bond acceptors (Lipinski definition) is 2. The highest BCUT2D eigenvalue weighted by Gasteiger charge is 2.11. The summed E-state index contributed by atoms with van der Waals surface area (Å²) in [4.78, 5) is 4.65. The zero-order valence-corrected chi connectivity index (χ0v) is 9.34. The molecule has 3 rings (SSSR count). The van der Waals surface area contributed by atoms with E-state index in [1.54, 1.807) is 11.3 Å². The number of nitrogens with zero attached hydrogens (tertiary/aromatic N) is 1. The molecule has 0 radical (unpaired) electrons. The van der Waals surface area contributed by atoms with E-state index in [0.717, 1.165) is 11.9 Å². The van der Waals surface area contributed by atoms with Crippen LogP contribution in [0.4, 0.5) is 0 Å². The predicted octanol–water partition coefficient (Wildman–Crippen LogP) is 4.03. The average molecular weight is 213 g/mol. The fourth-order valence-corrected chi connectivity index (χ4v) is 2.81. The van der Waals surface area contributed by atoms with Gasteiger partial charge in [-0.1, -0.05) is 29.9 Å². The van der Waals surface area contributed by atoms with Gasteiger partial charge in [0, 0.05) is 0 Å². The van der Waals surface area contributed by atoms with Crippen molar-refractivity contribution in [3.05, 3.63) is 47.0 Å². The Hall–Kier alpha value is -1.41. The van der Waals surface area contributed by atoms with Crippen LogP contribution in [0.5, 0.6) is 0 Å². The average Bonchev–Trinajstić information content (AvgIpc) is 2.82. The molecule has 1 aliphatic carbocycles. The van der Waals surface area contributed by atoms with Crippen LogP contribution < -0.4 is 0 Å².